The third-order valence-electron chi connectivity index (χ3n) is 6.75. The average molecular weight is 516 g/mol. The Kier molecular flexibility index (Phi) is 9.08. The molecule has 200 valence electrons. The predicted octanol–water partition coefficient (Wildman–Crippen LogP) is 6.06. The van der Waals surface area contributed by atoms with Gasteiger partial charge in [-0.3, -0.25) is 0 Å². The van der Waals surface area contributed by atoms with Crippen molar-refractivity contribution >= 4 is 16.9 Å². The van der Waals surface area contributed by atoms with E-state index in [4.69, 9.17) is 14.2 Å². The molecule has 0 saturated heterocycles. The van der Waals surface area contributed by atoms with Crippen molar-refractivity contribution in [3.05, 3.63) is 95.2 Å². The molecule has 0 aliphatic heterocycles. The van der Waals surface area contributed by atoms with E-state index >= 15 is 0 Å². The van der Waals surface area contributed by atoms with Crippen LogP contribution in [0.15, 0.2) is 72.9 Å². The van der Waals surface area contributed by atoms with E-state index in [1.54, 1.807) is 38.5 Å². The number of fused-ring (bicyclic) bond motifs is 1. The summed E-state index contributed by atoms with van der Waals surface area (Å²) in [6.07, 6.45) is 3.65. The number of rotatable bonds is 12. The van der Waals surface area contributed by atoms with E-state index in [1.165, 1.54) is 5.56 Å². The molecule has 38 heavy (non-hydrogen) atoms. The first-order chi connectivity index (χ1) is 18.4. The summed E-state index contributed by atoms with van der Waals surface area (Å²) in [6, 6.07) is 21.1. The van der Waals surface area contributed by atoms with E-state index in [0.717, 1.165) is 46.4 Å². The van der Waals surface area contributed by atoms with Crippen molar-refractivity contribution in [3.63, 3.8) is 0 Å². The van der Waals surface area contributed by atoms with Gasteiger partial charge in [0.2, 0.25) is 0 Å². The molecule has 4 aromatic rings. The highest BCUT2D eigenvalue weighted by Gasteiger charge is 2.18. The molecule has 0 radical (unpaired) electrons. The number of aromatic nitrogens is 1. The number of aliphatic hydroxyl groups is 1. The zero-order chi connectivity index (χ0) is 27.1. The van der Waals surface area contributed by atoms with Crippen LogP contribution in [0, 0.1) is 5.92 Å². The molecule has 1 heterocycles. The summed E-state index contributed by atoms with van der Waals surface area (Å²) in [7, 11) is 3.38. The van der Waals surface area contributed by atoms with Gasteiger partial charge in [0.25, 0.3) is 0 Å². The second-order valence-corrected chi connectivity index (χ2v) is 10.0. The van der Waals surface area contributed by atoms with Gasteiger partial charge < -0.3 is 23.9 Å². The summed E-state index contributed by atoms with van der Waals surface area (Å²) in [6.45, 7) is 4.92. The molecule has 6 heteroatoms. The van der Waals surface area contributed by atoms with Crippen molar-refractivity contribution in [3.8, 4) is 11.5 Å². The number of esters is 1. The quantitative estimate of drug-likeness (QED) is 0.232. The minimum absolute atomic E-state index is 0.0767. The Morgan fingerprint density at radius 1 is 0.947 bits per heavy atom. The average Bonchev–Trinajstić information content (AvgIpc) is 3.28. The van der Waals surface area contributed by atoms with Gasteiger partial charge in [0.1, 0.15) is 18.1 Å². The Morgan fingerprint density at radius 3 is 2.26 bits per heavy atom. The van der Waals surface area contributed by atoms with Gasteiger partial charge in [-0.15, -0.1) is 0 Å². The largest absolute Gasteiger partial charge is 0.496 e. The van der Waals surface area contributed by atoms with Crippen molar-refractivity contribution in [2.24, 2.45) is 5.92 Å². The van der Waals surface area contributed by atoms with Crippen molar-refractivity contribution in [1.82, 2.24) is 4.57 Å². The van der Waals surface area contributed by atoms with E-state index in [2.05, 4.69) is 42.8 Å². The normalized spacial score (nSPS) is 12.1. The van der Waals surface area contributed by atoms with Crippen LogP contribution in [0.25, 0.3) is 10.9 Å². The molecular weight excluding hydrogens is 478 g/mol. The van der Waals surface area contributed by atoms with Crippen molar-refractivity contribution in [1.29, 1.82) is 0 Å². The Labute approximate surface area is 224 Å². The number of carbonyl (C=O) groups excluding carboxylic acids is 1. The number of carbonyl (C=O) groups is 1. The van der Waals surface area contributed by atoms with Gasteiger partial charge in [-0.1, -0.05) is 50.2 Å². The number of benzene rings is 3. The highest BCUT2D eigenvalue weighted by Crippen LogP contribution is 2.34. The zero-order valence-electron chi connectivity index (χ0n) is 22.6. The summed E-state index contributed by atoms with van der Waals surface area (Å²) in [5, 5.41) is 11.8. The smallest absolute Gasteiger partial charge is 0.338 e. The molecule has 6 nitrogen and oxygen atoms in total. The van der Waals surface area contributed by atoms with Crippen LogP contribution in [0.5, 0.6) is 11.5 Å². The van der Waals surface area contributed by atoms with Crippen LogP contribution < -0.4 is 9.47 Å². The lowest BCUT2D eigenvalue weighted by Gasteiger charge is -2.17. The van der Waals surface area contributed by atoms with E-state index < -0.39 is 12.1 Å². The Bertz CT molecular complexity index is 1330. The van der Waals surface area contributed by atoms with Gasteiger partial charge in [-0.2, -0.15) is 0 Å². The molecule has 0 amide bonds. The monoisotopic (exact) mass is 515 g/mol. The number of aryl methyl sites for hydroxylation is 1. The van der Waals surface area contributed by atoms with Gasteiger partial charge >= 0.3 is 5.97 Å². The maximum atomic E-state index is 12.3. The standard InChI is InChI=1S/C32H37NO5/c1-22(2)14-15-23-16-30(36-3)28(31(17-23)37-4)20-33-19-25(27-12-8-9-13-29(27)33)18-26(34)21-38-32(35)24-10-6-5-7-11-24/h5-13,16-17,19,22,26,34H,14-15,18,20-21H2,1-4H3/t26-/m0/s1. The number of hydrogen-bond acceptors (Lipinski definition) is 5. The topological polar surface area (TPSA) is 69.9 Å². The van der Waals surface area contributed by atoms with Crippen LogP contribution in [-0.4, -0.2) is 42.6 Å². The van der Waals surface area contributed by atoms with Gasteiger partial charge in [-0.25, -0.2) is 4.79 Å². The SMILES string of the molecule is COc1cc(CCC(C)C)cc(OC)c1Cn1cc(C[C@H](O)COC(=O)c2ccccc2)c2ccccc21. The molecule has 0 unspecified atom stereocenters. The van der Waals surface area contributed by atoms with Crippen molar-refractivity contribution < 1.29 is 24.1 Å². The summed E-state index contributed by atoms with van der Waals surface area (Å²) >= 11 is 0. The second-order valence-electron chi connectivity index (χ2n) is 10.0. The fourth-order valence-electron chi connectivity index (χ4n) is 4.72. The number of nitrogens with zero attached hydrogens (tertiary/aromatic N) is 1. The van der Waals surface area contributed by atoms with Crippen LogP contribution >= 0.6 is 0 Å². The van der Waals surface area contributed by atoms with E-state index in [9.17, 15) is 9.90 Å². The zero-order valence-corrected chi connectivity index (χ0v) is 22.6. The fourth-order valence-corrected chi connectivity index (χ4v) is 4.72. The third kappa shape index (κ3) is 6.56. The Hall–Kier alpha value is -3.77. The number of methoxy groups -OCH3 is 2. The fraction of sp³-hybridized carbons (Fsp3) is 0.344. The first-order valence-corrected chi connectivity index (χ1v) is 13.1. The Balaban J connectivity index is 1.55. The van der Waals surface area contributed by atoms with E-state index in [0.29, 0.717) is 24.4 Å². The predicted molar refractivity (Wildman–Crippen MR) is 150 cm³/mol. The lowest BCUT2D eigenvalue weighted by Crippen LogP contribution is -2.20. The maximum Gasteiger partial charge on any atom is 0.338 e. The van der Waals surface area contributed by atoms with Crippen LogP contribution in [0.2, 0.25) is 0 Å². The van der Waals surface area contributed by atoms with Gasteiger partial charge in [0.15, 0.2) is 0 Å². The number of hydrogen-bond donors (Lipinski definition) is 1. The molecule has 1 N–H and O–H groups in total. The molecule has 0 fully saturated rings. The molecule has 1 aromatic heterocycles. The minimum atomic E-state index is -0.828. The van der Waals surface area contributed by atoms with Gasteiger partial charge in [-0.05, 0) is 60.2 Å². The molecule has 0 aliphatic carbocycles. The molecule has 3 aromatic carbocycles. The minimum Gasteiger partial charge on any atom is -0.496 e. The summed E-state index contributed by atoms with van der Waals surface area (Å²) < 4.78 is 19.1. The Morgan fingerprint density at radius 2 is 1.61 bits per heavy atom. The lowest BCUT2D eigenvalue weighted by molar-refractivity contribution is 0.0259. The molecule has 0 saturated carbocycles. The number of para-hydroxylation sites is 1. The van der Waals surface area contributed by atoms with E-state index in [-0.39, 0.29) is 6.61 Å². The van der Waals surface area contributed by atoms with Crippen LogP contribution in [0.1, 0.15) is 47.3 Å². The van der Waals surface area contributed by atoms with Gasteiger partial charge in [0.05, 0.1) is 38.0 Å². The summed E-state index contributed by atoms with van der Waals surface area (Å²) in [4.78, 5) is 12.3. The second kappa shape index (κ2) is 12.7. The molecule has 0 spiro atoms. The summed E-state index contributed by atoms with van der Waals surface area (Å²) in [5.41, 5.74) is 4.66. The molecule has 1 atom stereocenters. The highest BCUT2D eigenvalue weighted by atomic mass is 16.5. The first-order valence-electron chi connectivity index (χ1n) is 13.1. The van der Waals surface area contributed by atoms with Crippen molar-refractivity contribution in [2.45, 2.75) is 45.8 Å². The van der Waals surface area contributed by atoms with E-state index in [1.807, 2.05) is 24.3 Å². The van der Waals surface area contributed by atoms with Gasteiger partial charge in [0, 0.05) is 23.5 Å². The molecule has 4 rings (SSSR count). The molecule has 0 bridgehead atoms. The van der Waals surface area contributed by atoms with Crippen LogP contribution in [0.3, 0.4) is 0 Å². The van der Waals surface area contributed by atoms with Crippen molar-refractivity contribution in [2.75, 3.05) is 20.8 Å². The summed E-state index contributed by atoms with van der Waals surface area (Å²) in [5.74, 6) is 1.78. The number of aliphatic hydroxyl groups excluding tert-OH is 1. The first kappa shape index (κ1) is 27.3. The molecular formula is C32H37NO5. The highest BCUT2D eigenvalue weighted by molar-refractivity contribution is 5.89. The maximum absolute atomic E-state index is 12.3. The third-order valence-corrected chi connectivity index (χ3v) is 6.75. The number of ether oxygens (including phenoxy) is 3. The van der Waals surface area contributed by atoms with Crippen LogP contribution in [0.4, 0.5) is 0 Å². The lowest BCUT2D eigenvalue weighted by atomic mass is 10.00. The van der Waals surface area contributed by atoms with Crippen LogP contribution in [-0.2, 0) is 24.1 Å². The molecule has 0 aliphatic rings.